The molecule has 0 bridgehead atoms. The zero-order valence-corrected chi connectivity index (χ0v) is 15.3. The minimum Gasteiger partial charge on any atom is -0.399 e. The van der Waals surface area contributed by atoms with E-state index in [2.05, 4.69) is 21.2 Å². The predicted octanol–water partition coefficient (Wildman–Crippen LogP) is 3.93. The first-order chi connectivity index (χ1) is 9.77. The Balaban J connectivity index is 2.14. The fraction of sp³-hybridized carbons (Fsp3) is 0.429. The largest absolute Gasteiger partial charge is 0.497 e. The van der Waals surface area contributed by atoms with Gasteiger partial charge in [0, 0.05) is 47.4 Å². The molecule has 0 radical (unpaired) electrons. The minimum atomic E-state index is -0.556. The van der Waals surface area contributed by atoms with Crippen LogP contribution in [0.3, 0.4) is 0 Å². The molecule has 0 atom stereocenters. The van der Waals surface area contributed by atoms with Crippen LogP contribution in [-0.2, 0) is 9.31 Å². The topological polar surface area (TPSA) is 23.4 Å². The quantitative estimate of drug-likeness (QED) is 0.545. The van der Waals surface area contributed by atoms with Crippen molar-refractivity contribution >= 4 is 53.8 Å². The SMILES string of the molecule is CC1(C)OB(c2cn(SI)c3cccc(F)c23)OC1(C)C. The van der Waals surface area contributed by atoms with Gasteiger partial charge in [-0.05, 0) is 39.8 Å². The number of fused-ring (bicyclic) bond motifs is 1. The van der Waals surface area contributed by atoms with Crippen molar-refractivity contribution in [2.45, 2.75) is 38.9 Å². The van der Waals surface area contributed by atoms with Crippen molar-refractivity contribution in [3.05, 3.63) is 30.2 Å². The van der Waals surface area contributed by atoms with Gasteiger partial charge in [0.05, 0.1) is 16.7 Å². The molecule has 7 heteroatoms. The number of nitrogens with zero attached hydrogens (tertiary/aromatic N) is 1. The summed E-state index contributed by atoms with van der Waals surface area (Å²) in [6.07, 6.45) is 1.90. The van der Waals surface area contributed by atoms with Gasteiger partial charge in [-0.1, -0.05) is 6.07 Å². The van der Waals surface area contributed by atoms with Gasteiger partial charge in [0.25, 0.3) is 0 Å². The molecule has 0 unspecified atom stereocenters. The molecule has 1 aliphatic rings. The lowest BCUT2D eigenvalue weighted by Crippen LogP contribution is -2.41. The Hall–Kier alpha value is -0.245. The minimum absolute atomic E-state index is 0.249. The molecule has 2 heterocycles. The summed E-state index contributed by atoms with van der Waals surface area (Å²) in [6.45, 7) is 7.98. The molecule has 1 saturated heterocycles. The molecule has 0 aliphatic carbocycles. The van der Waals surface area contributed by atoms with E-state index in [0.717, 1.165) is 11.0 Å². The van der Waals surface area contributed by atoms with E-state index >= 15 is 0 Å². The van der Waals surface area contributed by atoms with Crippen molar-refractivity contribution in [3.63, 3.8) is 0 Å². The number of benzene rings is 1. The summed E-state index contributed by atoms with van der Waals surface area (Å²) in [7, 11) is 0.939. The number of rotatable bonds is 2. The van der Waals surface area contributed by atoms with Crippen LogP contribution in [0.5, 0.6) is 0 Å². The molecule has 0 saturated carbocycles. The van der Waals surface area contributed by atoms with Gasteiger partial charge in [-0.2, -0.15) is 0 Å². The molecule has 0 N–H and O–H groups in total. The number of hydrogen-bond acceptors (Lipinski definition) is 3. The zero-order valence-electron chi connectivity index (χ0n) is 12.3. The van der Waals surface area contributed by atoms with Crippen LogP contribution in [-0.4, -0.2) is 22.3 Å². The highest BCUT2D eigenvalue weighted by Crippen LogP contribution is 2.37. The summed E-state index contributed by atoms with van der Waals surface area (Å²) >= 11 is 2.18. The van der Waals surface area contributed by atoms with Crippen LogP contribution in [0.25, 0.3) is 10.9 Å². The van der Waals surface area contributed by atoms with Crippen molar-refractivity contribution in [1.82, 2.24) is 3.97 Å². The maximum Gasteiger partial charge on any atom is 0.497 e. The Bertz CT molecular complexity index is 688. The molecule has 1 aromatic carbocycles. The summed E-state index contributed by atoms with van der Waals surface area (Å²) in [4.78, 5) is 0. The number of aromatic nitrogens is 1. The van der Waals surface area contributed by atoms with E-state index in [1.807, 2.05) is 43.9 Å². The van der Waals surface area contributed by atoms with E-state index in [1.165, 1.54) is 15.2 Å². The summed E-state index contributed by atoms with van der Waals surface area (Å²) in [5, 5.41) is 0.570. The third kappa shape index (κ3) is 2.42. The van der Waals surface area contributed by atoms with E-state index in [4.69, 9.17) is 9.31 Å². The van der Waals surface area contributed by atoms with Crippen LogP contribution in [0.2, 0.25) is 0 Å². The highest BCUT2D eigenvalue weighted by Gasteiger charge is 2.52. The highest BCUT2D eigenvalue weighted by molar-refractivity contribution is 14.2. The molecule has 0 amide bonds. The molecule has 2 aromatic rings. The molecule has 21 heavy (non-hydrogen) atoms. The summed E-state index contributed by atoms with van der Waals surface area (Å²) < 4.78 is 28.3. The van der Waals surface area contributed by atoms with Crippen LogP contribution < -0.4 is 5.46 Å². The lowest BCUT2D eigenvalue weighted by Gasteiger charge is -2.32. The first kappa shape index (κ1) is 15.6. The zero-order chi connectivity index (χ0) is 15.4. The average Bonchev–Trinajstić information content (AvgIpc) is 2.86. The molecular formula is C14H16BFINO2S. The second-order valence-corrected chi connectivity index (χ2v) is 7.91. The molecule has 3 rings (SSSR count). The van der Waals surface area contributed by atoms with Gasteiger partial charge in [-0.25, -0.2) is 4.39 Å². The van der Waals surface area contributed by atoms with Crippen molar-refractivity contribution < 1.29 is 13.7 Å². The van der Waals surface area contributed by atoms with Gasteiger partial charge in [-0.3, -0.25) is 3.97 Å². The first-order valence-electron chi connectivity index (χ1n) is 6.71. The van der Waals surface area contributed by atoms with Gasteiger partial charge in [0.1, 0.15) is 5.82 Å². The number of halogens is 2. The fourth-order valence-electron chi connectivity index (χ4n) is 2.45. The van der Waals surface area contributed by atoms with E-state index in [9.17, 15) is 4.39 Å². The first-order valence-corrected chi connectivity index (χ1v) is 10.0. The maximum atomic E-state index is 14.3. The Kier molecular flexibility index (Phi) is 3.83. The molecule has 1 aromatic heterocycles. The van der Waals surface area contributed by atoms with Crippen LogP contribution in [0.4, 0.5) is 4.39 Å². The van der Waals surface area contributed by atoms with E-state index < -0.39 is 18.3 Å². The summed E-state index contributed by atoms with van der Waals surface area (Å²) in [5.74, 6) is -0.249. The Morgan fingerprint density at radius 3 is 2.38 bits per heavy atom. The Morgan fingerprint density at radius 2 is 1.81 bits per heavy atom. The van der Waals surface area contributed by atoms with Gasteiger partial charge in [0.2, 0.25) is 0 Å². The van der Waals surface area contributed by atoms with Crippen molar-refractivity contribution in [2.75, 3.05) is 0 Å². The van der Waals surface area contributed by atoms with Crippen molar-refractivity contribution in [1.29, 1.82) is 0 Å². The molecule has 112 valence electrons. The van der Waals surface area contributed by atoms with Crippen LogP contribution in [0.1, 0.15) is 27.7 Å². The Morgan fingerprint density at radius 1 is 1.19 bits per heavy atom. The summed E-state index contributed by atoms with van der Waals surface area (Å²) in [6, 6.07) is 5.09. The third-order valence-electron chi connectivity index (χ3n) is 4.36. The van der Waals surface area contributed by atoms with Crippen molar-refractivity contribution in [2.24, 2.45) is 0 Å². The summed E-state index contributed by atoms with van der Waals surface area (Å²) in [5.41, 5.74) is 0.703. The van der Waals surface area contributed by atoms with Crippen LogP contribution in [0, 0.1) is 5.82 Å². The second-order valence-electron chi connectivity index (χ2n) is 6.20. The lowest BCUT2D eigenvalue weighted by atomic mass is 9.79. The van der Waals surface area contributed by atoms with Gasteiger partial charge in [-0.15, -0.1) is 0 Å². The maximum absolute atomic E-state index is 14.3. The Labute approximate surface area is 140 Å². The fourth-order valence-corrected chi connectivity index (χ4v) is 3.81. The van der Waals surface area contributed by atoms with Crippen LogP contribution in [0.15, 0.2) is 24.4 Å². The smallest absolute Gasteiger partial charge is 0.399 e. The second kappa shape index (κ2) is 5.14. The van der Waals surface area contributed by atoms with Gasteiger partial charge >= 0.3 is 7.12 Å². The molecule has 3 nitrogen and oxygen atoms in total. The predicted molar refractivity (Wildman–Crippen MR) is 94.6 cm³/mol. The standard InChI is InChI=1S/C14H16BFINO2S/c1-13(2)14(3,4)20-15(19-13)9-8-18(21-17)11-7-5-6-10(16)12(9)11/h5-8H,1-4H3. The highest BCUT2D eigenvalue weighted by atomic mass is 127. The lowest BCUT2D eigenvalue weighted by molar-refractivity contribution is 0.00578. The number of hydrogen-bond donors (Lipinski definition) is 0. The van der Waals surface area contributed by atoms with Gasteiger partial charge in [0.15, 0.2) is 0 Å². The van der Waals surface area contributed by atoms with Crippen LogP contribution >= 0.6 is 30.3 Å². The molecular weight excluding hydrogens is 403 g/mol. The van der Waals surface area contributed by atoms with Gasteiger partial charge < -0.3 is 9.31 Å². The average molecular weight is 419 g/mol. The third-order valence-corrected chi connectivity index (χ3v) is 6.08. The molecule has 1 fully saturated rings. The van der Waals surface area contributed by atoms with E-state index in [-0.39, 0.29) is 5.82 Å². The molecule has 1 aliphatic heterocycles. The van der Waals surface area contributed by atoms with E-state index in [1.54, 1.807) is 6.07 Å². The van der Waals surface area contributed by atoms with E-state index in [0.29, 0.717) is 5.39 Å². The molecule has 0 spiro atoms. The van der Waals surface area contributed by atoms with Crippen molar-refractivity contribution in [3.8, 4) is 0 Å². The monoisotopic (exact) mass is 419 g/mol. The normalized spacial score (nSPS) is 20.4.